The summed E-state index contributed by atoms with van der Waals surface area (Å²) in [5.74, 6) is -1.37. The summed E-state index contributed by atoms with van der Waals surface area (Å²) in [7, 11) is 0. The van der Waals surface area contributed by atoms with Crippen molar-refractivity contribution in [1.82, 2.24) is 5.32 Å². The zero-order valence-electron chi connectivity index (χ0n) is 15.5. The Kier molecular flexibility index (Phi) is 5.02. The first-order valence-corrected chi connectivity index (χ1v) is 9.76. The number of anilines is 2. The maximum atomic E-state index is 14.3. The Balaban J connectivity index is 1.58. The van der Waals surface area contributed by atoms with Crippen molar-refractivity contribution in [3.05, 3.63) is 70.6 Å². The van der Waals surface area contributed by atoms with Gasteiger partial charge in [0, 0.05) is 23.7 Å². The van der Waals surface area contributed by atoms with Gasteiger partial charge in [-0.1, -0.05) is 12.1 Å². The van der Waals surface area contributed by atoms with Crippen molar-refractivity contribution in [2.75, 3.05) is 23.3 Å². The number of hydrogen-bond acceptors (Lipinski definition) is 3. The van der Waals surface area contributed by atoms with Gasteiger partial charge in [-0.2, -0.15) is 0 Å². The third-order valence-electron chi connectivity index (χ3n) is 4.61. The second-order valence-electron chi connectivity index (χ2n) is 6.63. The molecule has 1 aliphatic heterocycles. The average molecular weight is 413 g/mol. The summed E-state index contributed by atoms with van der Waals surface area (Å²) in [6.45, 7) is 2.85. The number of urea groups is 1. The molecule has 2 aromatic carbocycles. The van der Waals surface area contributed by atoms with Gasteiger partial charge in [0.25, 0.3) is 5.91 Å². The first-order valence-electron chi connectivity index (χ1n) is 8.95. The van der Waals surface area contributed by atoms with Gasteiger partial charge < -0.3 is 10.6 Å². The van der Waals surface area contributed by atoms with Crippen LogP contribution < -0.4 is 15.5 Å². The van der Waals surface area contributed by atoms with E-state index in [1.165, 1.54) is 46.6 Å². The number of amides is 3. The van der Waals surface area contributed by atoms with Crippen LogP contribution in [0.1, 0.15) is 15.2 Å². The number of rotatable bonds is 4. The molecule has 2 N–H and O–H groups in total. The molecule has 8 heteroatoms. The minimum Gasteiger partial charge on any atom is -0.336 e. The van der Waals surface area contributed by atoms with Gasteiger partial charge in [-0.25, -0.2) is 13.6 Å². The standard InChI is InChI=1S/C21H17F2N3O2S/c1-12-10-18(29-19(12)13-2-4-14(22)5-3-13)20(27)25-17-11-15(6-7-16(17)23)26-9-8-24-21(26)28/h2-7,10-11H,8-9H2,1H3,(H,24,28)(H,25,27). The topological polar surface area (TPSA) is 61.4 Å². The predicted molar refractivity (Wildman–Crippen MR) is 110 cm³/mol. The van der Waals surface area contributed by atoms with Crippen LogP contribution in [0.3, 0.4) is 0 Å². The van der Waals surface area contributed by atoms with Gasteiger partial charge >= 0.3 is 6.03 Å². The molecule has 3 aromatic rings. The summed E-state index contributed by atoms with van der Waals surface area (Å²) in [4.78, 5) is 27.3. The zero-order chi connectivity index (χ0) is 20.5. The number of nitrogens with zero attached hydrogens (tertiary/aromatic N) is 1. The molecule has 1 aromatic heterocycles. The van der Waals surface area contributed by atoms with Crippen LogP contribution in [0, 0.1) is 18.6 Å². The first-order chi connectivity index (χ1) is 13.9. The van der Waals surface area contributed by atoms with E-state index in [-0.39, 0.29) is 17.5 Å². The normalized spacial score (nSPS) is 13.5. The van der Waals surface area contributed by atoms with E-state index in [1.807, 2.05) is 6.92 Å². The highest BCUT2D eigenvalue weighted by molar-refractivity contribution is 7.17. The van der Waals surface area contributed by atoms with Crippen molar-refractivity contribution >= 4 is 34.6 Å². The quantitative estimate of drug-likeness (QED) is 0.646. The van der Waals surface area contributed by atoms with E-state index in [0.29, 0.717) is 23.7 Å². The van der Waals surface area contributed by atoms with Gasteiger partial charge in [0.1, 0.15) is 11.6 Å². The Morgan fingerprint density at radius 2 is 1.90 bits per heavy atom. The molecule has 148 valence electrons. The molecular weight excluding hydrogens is 396 g/mol. The summed E-state index contributed by atoms with van der Waals surface area (Å²) in [5, 5.41) is 5.27. The third kappa shape index (κ3) is 3.84. The van der Waals surface area contributed by atoms with E-state index in [4.69, 9.17) is 0 Å². The van der Waals surface area contributed by atoms with Gasteiger partial charge in [-0.15, -0.1) is 11.3 Å². The molecule has 1 aliphatic rings. The van der Waals surface area contributed by atoms with E-state index >= 15 is 0 Å². The molecule has 0 radical (unpaired) electrons. The fraction of sp³-hybridized carbons (Fsp3) is 0.143. The third-order valence-corrected chi connectivity index (χ3v) is 5.90. The Bertz CT molecular complexity index is 1100. The molecule has 0 saturated carbocycles. The molecule has 5 nitrogen and oxygen atoms in total. The molecule has 2 heterocycles. The molecule has 0 bridgehead atoms. The summed E-state index contributed by atoms with van der Waals surface area (Å²) in [6.07, 6.45) is 0. The number of hydrogen-bond donors (Lipinski definition) is 2. The molecular formula is C21H17F2N3O2S. The van der Waals surface area contributed by atoms with E-state index < -0.39 is 11.7 Å². The number of halogens is 2. The second kappa shape index (κ2) is 7.63. The Labute approximate surface area is 170 Å². The highest BCUT2D eigenvalue weighted by Gasteiger charge is 2.22. The highest BCUT2D eigenvalue weighted by Crippen LogP contribution is 2.33. The van der Waals surface area contributed by atoms with Crippen LogP contribution in [-0.2, 0) is 0 Å². The van der Waals surface area contributed by atoms with Gasteiger partial charge in [0.15, 0.2) is 0 Å². The van der Waals surface area contributed by atoms with Crippen LogP contribution in [0.25, 0.3) is 10.4 Å². The Morgan fingerprint density at radius 1 is 1.14 bits per heavy atom. The molecule has 1 fully saturated rings. The average Bonchev–Trinajstić information content (AvgIpc) is 3.30. The highest BCUT2D eigenvalue weighted by atomic mass is 32.1. The van der Waals surface area contributed by atoms with Gasteiger partial charge in [-0.3, -0.25) is 9.69 Å². The number of carbonyl (C=O) groups excluding carboxylic acids is 2. The SMILES string of the molecule is Cc1cc(C(=O)Nc2cc(N3CCNC3=O)ccc2F)sc1-c1ccc(F)cc1. The van der Waals surface area contributed by atoms with Crippen LogP contribution >= 0.6 is 11.3 Å². The van der Waals surface area contributed by atoms with Crippen LogP contribution in [0.2, 0.25) is 0 Å². The summed E-state index contributed by atoms with van der Waals surface area (Å²) >= 11 is 1.25. The monoisotopic (exact) mass is 413 g/mol. The van der Waals surface area contributed by atoms with Crippen LogP contribution in [-0.4, -0.2) is 25.0 Å². The fourth-order valence-corrected chi connectivity index (χ4v) is 4.23. The first kappa shape index (κ1) is 19.1. The maximum absolute atomic E-state index is 14.3. The van der Waals surface area contributed by atoms with Crippen molar-refractivity contribution in [2.45, 2.75) is 6.92 Å². The van der Waals surface area contributed by atoms with Gasteiger partial charge in [-0.05, 0) is 54.4 Å². The van der Waals surface area contributed by atoms with Crippen LogP contribution in [0.4, 0.5) is 25.0 Å². The van der Waals surface area contributed by atoms with E-state index in [1.54, 1.807) is 18.2 Å². The molecule has 0 atom stereocenters. The Hall–Kier alpha value is -3.26. The second-order valence-corrected chi connectivity index (χ2v) is 7.68. The van der Waals surface area contributed by atoms with Crippen molar-refractivity contribution < 1.29 is 18.4 Å². The zero-order valence-corrected chi connectivity index (χ0v) is 16.3. The van der Waals surface area contributed by atoms with Gasteiger partial charge in [0.2, 0.25) is 0 Å². The molecule has 4 rings (SSSR count). The minimum absolute atomic E-state index is 0.00147. The van der Waals surface area contributed by atoms with Crippen molar-refractivity contribution in [3.8, 4) is 10.4 Å². The smallest absolute Gasteiger partial charge is 0.321 e. The number of aryl methyl sites for hydroxylation is 1. The molecule has 3 amide bonds. The van der Waals surface area contributed by atoms with E-state index in [9.17, 15) is 18.4 Å². The number of nitrogens with one attached hydrogen (secondary N) is 2. The number of benzene rings is 2. The maximum Gasteiger partial charge on any atom is 0.321 e. The molecule has 0 unspecified atom stereocenters. The largest absolute Gasteiger partial charge is 0.336 e. The van der Waals surface area contributed by atoms with Gasteiger partial charge in [0.05, 0.1) is 10.6 Å². The molecule has 1 saturated heterocycles. The summed E-state index contributed by atoms with van der Waals surface area (Å²) < 4.78 is 27.4. The van der Waals surface area contributed by atoms with Crippen molar-refractivity contribution in [2.24, 2.45) is 0 Å². The lowest BCUT2D eigenvalue weighted by molar-refractivity contribution is 0.103. The summed E-state index contributed by atoms with van der Waals surface area (Å²) in [5.41, 5.74) is 2.18. The van der Waals surface area contributed by atoms with Crippen LogP contribution in [0.15, 0.2) is 48.5 Å². The minimum atomic E-state index is -0.589. The lowest BCUT2D eigenvalue weighted by Crippen LogP contribution is -2.27. The van der Waals surface area contributed by atoms with Crippen molar-refractivity contribution in [3.63, 3.8) is 0 Å². The molecule has 0 aliphatic carbocycles. The molecule has 0 spiro atoms. The number of carbonyl (C=O) groups is 2. The predicted octanol–water partition coefficient (Wildman–Crippen LogP) is 4.78. The van der Waals surface area contributed by atoms with Crippen molar-refractivity contribution in [1.29, 1.82) is 0 Å². The van der Waals surface area contributed by atoms with E-state index in [0.717, 1.165) is 16.0 Å². The number of thiophene rings is 1. The summed E-state index contributed by atoms with van der Waals surface area (Å²) in [6, 6.07) is 11.7. The molecule has 29 heavy (non-hydrogen) atoms. The fourth-order valence-electron chi connectivity index (χ4n) is 3.16. The van der Waals surface area contributed by atoms with E-state index in [2.05, 4.69) is 10.6 Å². The lowest BCUT2D eigenvalue weighted by atomic mass is 10.1. The lowest BCUT2D eigenvalue weighted by Gasteiger charge is -2.16. The Morgan fingerprint density at radius 3 is 2.59 bits per heavy atom. The van der Waals surface area contributed by atoms with Crippen LogP contribution in [0.5, 0.6) is 0 Å².